The summed E-state index contributed by atoms with van der Waals surface area (Å²) < 4.78 is 0. The molecule has 3 N–H and O–H groups in total. The molecule has 3 amide bonds. The van der Waals surface area contributed by atoms with Crippen LogP contribution in [0.5, 0.6) is 0 Å². The van der Waals surface area contributed by atoms with Gasteiger partial charge in [-0.3, -0.25) is 4.79 Å². The Kier molecular flexibility index (Phi) is 5.76. The number of anilines is 1. The molecule has 6 heteroatoms. The van der Waals surface area contributed by atoms with Gasteiger partial charge in [-0.2, -0.15) is 0 Å². The number of aliphatic hydroxyl groups is 1. The summed E-state index contributed by atoms with van der Waals surface area (Å²) in [7, 11) is 0. The van der Waals surface area contributed by atoms with Crippen molar-refractivity contribution in [1.29, 1.82) is 0 Å². The van der Waals surface area contributed by atoms with Crippen LogP contribution in [0.2, 0.25) is 0 Å². The van der Waals surface area contributed by atoms with Gasteiger partial charge in [0.25, 0.3) is 0 Å². The summed E-state index contributed by atoms with van der Waals surface area (Å²) in [5.41, 5.74) is 3.90. The van der Waals surface area contributed by atoms with Crippen LogP contribution in [0.25, 0.3) is 0 Å². The number of aryl methyl sites for hydroxylation is 2. The van der Waals surface area contributed by atoms with Gasteiger partial charge in [0.15, 0.2) is 0 Å². The number of hydrogen-bond donors (Lipinski definition) is 3. The van der Waals surface area contributed by atoms with Crippen molar-refractivity contribution in [2.45, 2.75) is 25.8 Å². The van der Waals surface area contributed by atoms with E-state index in [1.54, 1.807) is 4.90 Å². The molecule has 0 aromatic heterocycles. The summed E-state index contributed by atoms with van der Waals surface area (Å²) in [6.45, 7) is 4.61. The van der Waals surface area contributed by atoms with Crippen LogP contribution in [0, 0.1) is 13.8 Å². The van der Waals surface area contributed by atoms with Crippen LogP contribution in [0.15, 0.2) is 48.5 Å². The molecule has 27 heavy (non-hydrogen) atoms. The van der Waals surface area contributed by atoms with Crippen molar-refractivity contribution >= 4 is 17.6 Å². The number of likely N-dealkylation sites (tertiary alicyclic amines) is 1. The van der Waals surface area contributed by atoms with E-state index >= 15 is 0 Å². The van der Waals surface area contributed by atoms with Crippen molar-refractivity contribution in [2.75, 3.05) is 25.0 Å². The Bertz CT molecular complexity index is 802. The number of benzene rings is 2. The summed E-state index contributed by atoms with van der Waals surface area (Å²) in [6, 6.07) is 14.4. The van der Waals surface area contributed by atoms with Crippen LogP contribution in [0.1, 0.15) is 22.6 Å². The Morgan fingerprint density at radius 2 is 1.67 bits per heavy atom. The zero-order chi connectivity index (χ0) is 19.4. The number of amides is 3. The van der Waals surface area contributed by atoms with Gasteiger partial charge in [0.05, 0.1) is 6.61 Å². The lowest BCUT2D eigenvalue weighted by Crippen LogP contribution is -2.45. The van der Waals surface area contributed by atoms with Crippen LogP contribution >= 0.6 is 0 Å². The molecule has 142 valence electrons. The summed E-state index contributed by atoms with van der Waals surface area (Å²) in [5.74, 6) is -0.331. The minimum atomic E-state index is -0.662. The number of carbonyl (C=O) groups excluding carboxylic acids is 2. The molecule has 0 radical (unpaired) electrons. The second-order valence-electron chi connectivity index (χ2n) is 6.97. The average Bonchev–Trinajstić information content (AvgIpc) is 2.94. The highest BCUT2D eigenvalue weighted by Gasteiger charge is 2.41. The Labute approximate surface area is 159 Å². The van der Waals surface area contributed by atoms with Gasteiger partial charge in [-0.05, 0) is 31.5 Å². The second kappa shape index (κ2) is 8.22. The lowest BCUT2D eigenvalue weighted by atomic mass is 9.93. The number of rotatable bonds is 5. The molecule has 2 atom stereocenters. The zero-order valence-corrected chi connectivity index (χ0v) is 15.6. The lowest BCUT2D eigenvalue weighted by molar-refractivity contribution is -0.129. The van der Waals surface area contributed by atoms with E-state index in [4.69, 9.17) is 0 Å². The van der Waals surface area contributed by atoms with Gasteiger partial charge in [-0.25, -0.2) is 4.79 Å². The molecule has 1 aliphatic heterocycles. The quantitative estimate of drug-likeness (QED) is 0.759. The van der Waals surface area contributed by atoms with Gasteiger partial charge < -0.3 is 20.6 Å². The predicted octanol–water partition coefficient (Wildman–Crippen LogP) is 2.41. The van der Waals surface area contributed by atoms with Gasteiger partial charge >= 0.3 is 6.03 Å². The van der Waals surface area contributed by atoms with E-state index in [1.165, 1.54) is 0 Å². The smallest absolute Gasteiger partial charge is 0.319 e. The molecule has 0 aliphatic carbocycles. The zero-order valence-electron chi connectivity index (χ0n) is 15.6. The van der Waals surface area contributed by atoms with Crippen molar-refractivity contribution in [3.05, 3.63) is 65.2 Å². The van der Waals surface area contributed by atoms with Crippen LogP contribution in [0.3, 0.4) is 0 Å². The van der Waals surface area contributed by atoms with E-state index in [1.807, 2.05) is 62.4 Å². The number of nitrogens with one attached hydrogen (secondary N) is 2. The van der Waals surface area contributed by atoms with E-state index < -0.39 is 12.1 Å². The maximum absolute atomic E-state index is 12.8. The van der Waals surface area contributed by atoms with Crippen molar-refractivity contribution in [2.24, 2.45) is 0 Å². The van der Waals surface area contributed by atoms with E-state index in [2.05, 4.69) is 10.6 Å². The van der Waals surface area contributed by atoms with Crippen LogP contribution in [-0.2, 0) is 4.79 Å². The van der Waals surface area contributed by atoms with Gasteiger partial charge in [0.1, 0.15) is 6.04 Å². The highest BCUT2D eigenvalue weighted by Crippen LogP contribution is 2.29. The molecule has 0 unspecified atom stereocenters. The van der Waals surface area contributed by atoms with Crippen molar-refractivity contribution in [3.8, 4) is 0 Å². The van der Waals surface area contributed by atoms with Gasteiger partial charge in [-0.1, -0.05) is 47.5 Å². The molecule has 1 heterocycles. The summed E-state index contributed by atoms with van der Waals surface area (Å²) in [4.78, 5) is 26.8. The van der Waals surface area contributed by atoms with E-state index in [9.17, 15) is 14.7 Å². The predicted molar refractivity (Wildman–Crippen MR) is 105 cm³/mol. The number of carbonyl (C=O) groups is 2. The lowest BCUT2D eigenvalue weighted by Gasteiger charge is -2.19. The Morgan fingerprint density at radius 1 is 1.07 bits per heavy atom. The number of aliphatic hydroxyl groups excluding tert-OH is 1. The second-order valence-corrected chi connectivity index (χ2v) is 6.97. The highest BCUT2D eigenvalue weighted by atomic mass is 16.3. The first-order chi connectivity index (χ1) is 13.0. The number of hydrogen-bond acceptors (Lipinski definition) is 3. The number of β-amino-alcohol motifs (C(OH)–C–C–N with tert-alkyl or cyclic N) is 1. The maximum atomic E-state index is 12.8. The van der Waals surface area contributed by atoms with Crippen molar-refractivity contribution in [1.82, 2.24) is 10.2 Å². The normalized spacial score (nSPS) is 19.2. The van der Waals surface area contributed by atoms with Crippen molar-refractivity contribution in [3.63, 3.8) is 0 Å². The van der Waals surface area contributed by atoms with Gasteiger partial charge in [-0.15, -0.1) is 0 Å². The first-order valence-electron chi connectivity index (χ1n) is 9.08. The SMILES string of the molecule is Cc1ccc(NC(=O)N[C@@H]2C(=O)N(CCO)C[C@H]2c2ccc(C)cc2)cc1. The van der Waals surface area contributed by atoms with Crippen LogP contribution in [-0.4, -0.2) is 47.7 Å². The molecule has 1 aliphatic rings. The Balaban J connectivity index is 1.76. The Morgan fingerprint density at radius 3 is 2.26 bits per heavy atom. The third-order valence-electron chi connectivity index (χ3n) is 4.87. The molecule has 3 rings (SSSR count). The van der Waals surface area contributed by atoms with Gasteiger partial charge in [0, 0.05) is 24.7 Å². The Hall–Kier alpha value is -2.86. The fourth-order valence-corrected chi connectivity index (χ4v) is 3.34. The third-order valence-corrected chi connectivity index (χ3v) is 4.87. The molecule has 2 aromatic rings. The van der Waals surface area contributed by atoms with E-state index in [0.717, 1.165) is 16.7 Å². The topological polar surface area (TPSA) is 81.7 Å². The standard InChI is InChI=1S/C21H25N3O3/c1-14-3-7-16(8-4-14)18-13-24(11-12-25)20(26)19(18)23-21(27)22-17-9-5-15(2)6-10-17/h3-10,18-19,25H,11-13H2,1-2H3,(H2,22,23,27)/t18-,19-/m0/s1. The number of urea groups is 1. The molecular formula is C21H25N3O3. The molecular weight excluding hydrogens is 342 g/mol. The molecule has 1 saturated heterocycles. The van der Waals surface area contributed by atoms with E-state index in [-0.39, 0.29) is 25.0 Å². The average molecular weight is 367 g/mol. The first-order valence-corrected chi connectivity index (χ1v) is 9.08. The minimum absolute atomic E-state index is 0.103. The largest absolute Gasteiger partial charge is 0.395 e. The number of nitrogens with zero attached hydrogens (tertiary/aromatic N) is 1. The first kappa shape index (κ1) is 18.9. The maximum Gasteiger partial charge on any atom is 0.319 e. The van der Waals surface area contributed by atoms with Gasteiger partial charge in [0.2, 0.25) is 5.91 Å². The highest BCUT2D eigenvalue weighted by molar-refractivity contribution is 5.95. The summed E-state index contributed by atoms with van der Waals surface area (Å²) in [6.07, 6.45) is 0. The van der Waals surface area contributed by atoms with Crippen molar-refractivity contribution < 1.29 is 14.7 Å². The molecule has 0 spiro atoms. The fraction of sp³-hybridized carbons (Fsp3) is 0.333. The molecule has 1 fully saturated rings. The molecule has 2 aromatic carbocycles. The summed E-state index contributed by atoms with van der Waals surface area (Å²) in [5, 5.41) is 14.8. The third kappa shape index (κ3) is 4.46. The van der Waals surface area contributed by atoms with Crippen LogP contribution < -0.4 is 10.6 Å². The van der Waals surface area contributed by atoms with E-state index in [0.29, 0.717) is 12.2 Å². The molecule has 0 saturated carbocycles. The summed E-state index contributed by atoms with van der Waals surface area (Å²) >= 11 is 0. The monoisotopic (exact) mass is 367 g/mol. The minimum Gasteiger partial charge on any atom is -0.395 e. The fourth-order valence-electron chi connectivity index (χ4n) is 3.34. The van der Waals surface area contributed by atoms with Crippen LogP contribution in [0.4, 0.5) is 10.5 Å². The molecule has 6 nitrogen and oxygen atoms in total. The molecule has 0 bridgehead atoms.